The Labute approximate surface area is 193 Å². The molecule has 9 heteroatoms. The van der Waals surface area contributed by atoms with E-state index in [1.165, 1.54) is 0 Å². The van der Waals surface area contributed by atoms with Gasteiger partial charge in [0.05, 0.1) is 17.7 Å². The van der Waals surface area contributed by atoms with Gasteiger partial charge in [-0.1, -0.05) is 17.8 Å². The van der Waals surface area contributed by atoms with E-state index in [2.05, 4.69) is 15.2 Å². The molecule has 0 N–H and O–H groups in total. The second-order valence-corrected chi connectivity index (χ2v) is 8.75. The molecule has 1 aromatic carbocycles. The number of methoxy groups -OCH3 is 1. The topological polar surface area (TPSA) is 78.9 Å². The molecule has 0 aliphatic carbocycles. The third-order valence-electron chi connectivity index (χ3n) is 4.87. The molecule has 0 bridgehead atoms. The van der Waals surface area contributed by atoms with Crippen molar-refractivity contribution >= 4 is 23.1 Å². The summed E-state index contributed by atoms with van der Waals surface area (Å²) in [6.45, 7) is 1.94. The van der Waals surface area contributed by atoms with Gasteiger partial charge in [0.1, 0.15) is 11.5 Å². The van der Waals surface area contributed by atoms with E-state index in [1.807, 2.05) is 65.4 Å². The molecule has 0 unspecified atom stereocenters. The van der Waals surface area contributed by atoms with Crippen LogP contribution in [-0.2, 0) is 5.75 Å². The first-order valence-electron chi connectivity index (χ1n) is 9.86. The average molecular weight is 462 g/mol. The molecule has 4 aromatic heterocycles. The fraction of sp³-hybridized carbons (Fsp3) is 0.130. The number of rotatable bonds is 7. The van der Waals surface area contributed by atoms with Gasteiger partial charge in [-0.3, -0.25) is 9.55 Å². The van der Waals surface area contributed by atoms with Crippen LogP contribution in [0.1, 0.15) is 11.5 Å². The lowest BCUT2D eigenvalue weighted by Crippen LogP contribution is -2.00. The number of thiophene rings is 1. The second-order valence-electron chi connectivity index (χ2n) is 6.86. The number of pyridine rings is 1. The fourth-order valence-corrected chi connectivity index (χ4v) is 4.82. The Balaban J connectivity index is 1.48. The summed E-state index contributed by atoms with van der Waals surface area (Å²) < 4.78 is 13.2. The third kappa shape index (κ3) is 4.04. The van der Waals surface area contributed by atoms with Crippen molar-refractivity contribution in [2.45, 2.75) is 17.8 Å². The summed E-state index contributed by atoms with van der Waals surface area (Å²) in [6, 6.07) is 15.7. The maximum atomic E-state index is 5.88. The van der Waals surface area contributed by atoms with Crippen LogP contribution < -0.4 is 4.74 Å². The number of ether oxygens (including phenoxy) is 1. The van der Waals surface area contributed by atoms with Crippen molar-refractivity contribution in [2.24, 2.45) is 0 Å². The monoisotopic (exact) mass is 461 g/mol. The molecule has 4 heterocycles. The van der Waals surface area contributed by atoms with Gasteiger partial charge < -0.3 is 9.15 Å². The van der Waals surface area contributed by atoms with Crippen LogP contribution >= 0.6 is 23.1 Å². The van der Waals surface area contributed by atoms with Gasteiger partial charge in [-0.25, -0.2) is 4.98 Å². The first-order chi connectivity index (χ1) is 15.7. The molecule has 0 amide bonds. The van der Waals surface area contributed by atoms with Gasteiger partial charge in [-0.2, -0.15) is 0 Å². The predicted octanol–water partition coefficient (Wildman–Crippen LogP) is 5.66. The van der Waals surface area contributed by atoms with Gasteiger partial charge in [-0.15, -0.1) is 21.5 Å². The van der Waals surface area contributed by atoms with Gasteiger partial charge in [-0.05, 0) is 54.8 Å². The molecule has 7 nitrogen and oxygen atoms in total. The van der Waals surface area contributed by atoms with Gasteiger partial charge in [0, 0.05) is 29.4 Å². The minimum atomic E-state index is 0.616. The standard InChI is InChI=1S/C23H19N5O2S2/c1-15-19(25-22(30-15)20-4-3-13-31-20)14-32-23-27-26-21(16-9-11-24-12-10-16)28(23)17-5-7-18(29-2)8-6-17/h3-13H,14H2,1-2H3. The lowest BCUT2D eigenvalue weighted by atomic mass is 10.2. The van der Waals surface area contributed by atoms with Crippen molar-refractivity contribution in [2.75, 3.05) is 7.11 Å². The molecule has 0 fully saturated rings. The Morgan fingerprint density at radius 1 is 1.06 bits per heavy atom. The van der Waals surface area contributed by atoms with Crippen molar-refractivity contribution in [3.63, 3.8) is 0 Å². The van der Waals surface area contributed by atoms with Crippen molar-refractivity contribution in [3.8, 4) is 33.6 Å². The molecular weight excluding hydrogens is 442 g/mol. The first kappa shape index (κ1) is 20.5. The summed E-state index contributed by atoms with van der Waals surface area (Å²) in [5.41, 5.74) is 2.78. The number of hydrogen-bond donors (Lipinski definition) is 0. The Kier molecular flexibility index (Phi) is 5.74. The number of nitrogens with zero attached hydrogens (tertiary/aromatic N) is 5. The SMILES string of the molecule is COc1ccc(-n2c(SCc3nc(-c4cccs4)oc3C)nnc2-c2ccncc2)cc1. The molecule has 0 atom stereocenters. The molecule has 0 radical (unpaired) electrons. The van der Waals surface area contributed by atoms with Crippen LogP contribution in [-0.4, -0.2) is 31.8 Å². The maximum absolute atomic E-state index is 5.88. The summed E-state index contributed by atoms with van der Waals surface area (Å²) in [5.74, 6) is 3.62. The van der Waals surface area contributed by atoms with Crippen molar-refractivity contribution < 1.29 is 9.15 Å². The van der Waals surface area contributed by atoms with E-state index in [9.17, 15) is 0 Å². The normalized spacial score (nSPS) is 11.1. The van der Waals surface area contributed by atoms with Gasteiger partial charge in [0.15, 0.2) is 11.0 Å². The lowest BCUT2D eigenvalue weighted by Gasteiger charge is -2.11. The van der Waals surface area contributed by atoms with Crippen molar-refractivity contribution in [1.29, 1.82) is 0 Å². The zero-order valence-electron chi connectivity index (χ0n) is 17.4. The third-order valence-corrected chi connectivity index (χ3v) is 6.66. The molecule has 0 aliphatic heterocycles. The minimum absolute atomic E-state index is 0.616. The van der Waals surface area contributed by atoms with Crippen molar-refractivity contribution in [3.05, 3.63) is 77.8 Å². The van der Waals surface area contributed by atoms with Gasteiger partial charge in [0.25, 0.3) is 0 Å². The molecule has 5 rings (SSSR count). The minimum Gasteiger partial charge on any atom is -0.497 e. The molecule has 0 saturated heterocycles. The van der Waals surface area contributed by atoms with E-state index in [0.717, 1.165) is 44.3 Å². The van der Waals surface area contributed by atoms with E-state index in [4.69, 9.17) is 14.1 Å². The quantitative estimate of drug-likeness (QED) is 0.290. The maximum Gasteiger partial charge on any atom is 0.236 e. The van der Waals surface area contributed by atoms with E-state index in [0.29, 0.717) is 11.6 Å². The van der Waals surface area contributed by atoms with E-state index >= 15 is 0 Å². The molecule has 160 valence electrons. The second kappa shape index (κ2) is 8.97. The highest BCUT2D eigenvalue weighted by Gasteiger charge is 2.18. The number of thioether (sulfide) groups is 1. The molecule has 0 aliphatic rings. The smallest absolute Gasteiger partial charge is 0.236 e. The number of aryl methyl sites for hydroxylation is 1. The fourth-order valence-electron chi connectivity index (χ4n) is 3.22. The van der Waals surface area contributed by atoms with E-state index < -0.39 is 0 Å². The number of benzene rings is 1. The summed E-state index contributed by atoms with van der Waals surface area (Å²) >= 11 is 3.18. The Morgan fingerprint density at radius 3 is 2.59 bits per heavy atom. The van der Waals surface area contributed by atoms with Crippen LogP contribution in [0, 0.1) is 6.92 Å². The van der Waals surface area contributed by atoms with Crippen LogP contribution in [0.2, 0.25) is 0 Å². The molecule has 32 heavy (non-hydrogen) atoms. The van der Waals surface area contributed by atoms with E-state index in [-0.39, 0.29) is 0 Å². The molecular formula is C23H19N5O2S2. The van der Waals surface area contributed by atoms with Gasteiger partial charge in [0.2, 0.25) is 5.89 Å². The Hall–Kier alpha value is -3.43. The molecule has 0 saturated carbocycles. The van der Waals surface area contributed by atoms with Crippen LogP contribution in [0.4, 0.5) is 0 Å². The van der Waals surface area contributed by atoms with Gasteiger partial charge >= 0.3 is 0 Å². The average Bonchev–Trinajstić information content (AvgIpc) is 3.58. The first-order valence-corrected chi connectivity index (χ1v) is 11.7. The summed E-state index contributed by atoms with van der Waals surface area (Å²) in [4.78, 5) is 9.83. The van der Waals surface area contributed by atoms with Crippen LogP contribution in [0.5, 0.6) is 5.75 Å². The summed E-state index contributed by atoms with van der Waals surface area (Å²) in [6.07, 6.45) is 3.50. The van der Waals surface area contributed by atoms with Crippen LogP contribution in [0.3, 0.4) is 0 Å². The highest BCUT2D eigenvalue weighted by molar-refractivity contribution is 7.98. The molecule has 0 spiro atoms. The zero-order chi connectivity index (χ0) is 21.9. The lowest BCUT2D eigenvalue weighted by molar-refractivity contribution is 0.414. The Bertz CT molecular complexity index is 1310. The number of oxazole rings is 1. The van der Waals surface area contributed by atoms with Crippen molar-refractivity contribution in [1.82, 2.24) is 24.7 Å². The predicted molar refractivity (Wildman–Crippen MR) is 125 cm³/mol. The Morgan fingerprint density at radius 2 is 1.88 bits per heavy atom. The highest BCUT2D eigenvalue weighted by atomic mass is 32.2. The largest absolute Gasteiger partial charge is 0.497 e. The number of hydrogen-bond acceptors (Lipinski definition) is 8. The highest BCUT2D eigenvalue weighted by Crippen LogP contribution is 2.32. The number of aromatic nitrogens is 5. The van der Waals surface area contributed by atoms with E-state index in [1.54, 1.807) is 42.6 Å². The van der Waals surface area contributed by atoms with Crippen LogP contribution in [0.15, 0.2) is 75.9 Å². The molecule has 5 aromatic rings. The summed E-state index contributed by atoms with van der Waals surface area (Å²) in [5, 5.41) is 11.7. The zero-order valence-corrected chi connectivity index (χ0v) is 19.1. The summed E-state index contributed by atoms with van der Waals surface area (Å²) in [7, 11) is 1.65. The van der Waals surface area contributed by atoms with Crippen LogP contribution in [0.25, 0.3) is 27.8 Å².